The normalized spacial score (nSPS) is 11.6. The molecule has 0 saturated heterocycles. The van der Waals surface area contributed by atoms with E-state index in [0.29, 0.717) is 22.4 Å². The number of rotatable bonds is 7. The van der Waals surface area contributed by atoms with Gasteiger partial charge in [-0.3, -0.25) is 4.79 Å². The lowest BCUT2D eigenvalue weighted by Crippen LogP contribution is -2.36. The predicted octanol–water partition coefficient (Wildman–Crippen LogP) is 3.88. The fourth-order valence-electron chi connectivity index (χ4n) is 3.24. The number of nitrogens with zero attached hydrogens (tertiary/aromatic N) is 2. The summed E-state index contributed by atoms with van der Waals surface area (Å²) in [6.45, 7) is 5.12. The maximum absolute atomic E-state index is 13.4. The van der Waals surface area contributed by atoms with E-state index in [2.05, 4.69) is 5.10 Å². The number of carbonyl (C=O) groups is 2. The monoisotopic (exact) mass is 420 g/mol. The van der Waals surface area contributed by atoms with Crippen LogP contribution < -0.4 is 5.56 Å². The number of aromatic nitrogens is 2. The summed E-state index contributed by atoms with van der Waals surface area (Å²) in [5, 5.41) is 4.52. The zero-order valence-corrected chi connectivity index (χ0v) is 17.7. The molecule has 7 nitrogen and oxygen atoms in total. The Morgan fingerprint density at radius 1 is 0.903 bits per heavy atom. The molecule has 0 fully saturated rings. The molecular weight excluding hydrogens is 396 g/mol. The topological polar surface area (TPSA) is 87.5 Å². The Kier molecular flexibility index (Phi) is 6.97. The molecule has 0 unspecified atom stereocenters. The largest absolute Gasteiger partial charge is 0.464 e. The summed E-state index contributed by atoms with van der Waals surface area (Å²) in [6, 6.07) is 17.2. The van der Waals surface area contributed by atoms with Crippen molar-refractivity contribution in [1.82, 2.24) is 9.78 Å². The van der Waals surface area contributed by atoms with E-state index in [0.717, 1.165) is 4.68 Å². The van der Waals surface area contributed by atoms with Crippen LogP contribution in [0.1, 0.15) is 37.2 Å². The second kappa shape index (κ2) is 9.84. The van der Waals surface area contributed by atoms with Gasteiger partial charge < -0.3 is 9.47 Å². The zero-order valence-electron chi connectivity index (χ0n) is 17.7. The summed E-state index contributed by atoms with van der Waals surface area (Å²) in [4.78, 5) is 38.7. The van der Waals surface area contributed by atoms with Crippen molar-refractivity contribution in [2.75, 3.05) is 13.2 Å². The molecule has 0 radical (unpaired) electrons. The van der Waals surface area contributed by atoms with Crippen LogP contribution in [0.15, 0.2) is 65.5 Å². The van der Waals surface area contributed by atoms with E-state index in [4.69, 9.17) is 9.47 Å². The summed E-state index contributed by atoms with van der Waals surface area (Å²) < 4.78 is 11.3. The van der Waals surface area contributed by atoms with Crippen LogP contribution in [-0.2, 0) is 14.3 Å². The molecule has 0 aliphatic rings. The van der Waals surface area contributed by atoms with E-state index in [1.54, 1.807) is 26.0 Å². The molecule has 1 atom stereocenters. The molecule has 0 amide bonds. The third kappa shape index (κ3) is 4.55. The van der Waals surface area contributed by atoms with Crippen molar-refractivity contribution in [2.24, 2.45) is 0 Å². The van der Waals surface area contributed by atoms with Gasteiger partial charge in [0.15, 0.2) is 6.04 Å². The first-order valence-corrected chi connectivity index (χ1v) is 10.1. The highest BCUT2D eigenvalue weighted by atomic mass is 16.5. The van der Waals surface area contributed by atoms with Crippen LogP contribution in [-0.4, -0.2) is 34.9 Å². The molecule has 0 saturated carbocycles. The highest BCUT2D eigenvalue weighted by molar-refractivity contribution is 6.01. The Labute approximate surface area is 180 Å². The van der Waals surface area contributed by atoms with Gasteiger partial charge in [0.1, 0.15) is 5.56 Å². The van der Waals surface area contributed by atoms with Crippen molar-refractivity contribution in [1.29, 1.82) is 0 Å². The van der Waals surface area contributed by atoms with Crippen LogP contribution in [0, 0.1) is 0 Å². The van der Waals surface area contributed by atoms with Crippen LogP contribution in [0.2, 0.25) is 0 Å². The molecule has 7 heteroatoms. The fourth-order valence-corrected chi connectivity index (χ4v) is 3.24. The van der Waals surface area contributed by atoms with Gasteiger partial charge in [-0.2, -0.15) is 5.10 Å². The molecule has 160 valence electrons. The predicted molar refractivity (Wildman–Crippen MR) is 117 cm³/mol. The second-order valence-corrected chi connectivity index (χ2v) is 6.73. The summed E-state index contributed by atoms with van der Waals surface area (Å²) in [7, 11) is 0. The maximum Gasteiger partial charge on any atom is 0.344 e. The average molecular weight is 420 g/mol. The fraction of sp³-hybridized carbons (Fsp3) is 0.250. The van der Waals surface area contributed by atoms with Gasteiger partial charge in [0, 0.05) is 11.1 Å². The highest BCUT2D eigenvalue weighted by Gasteiger charge is 2.29. The van der Waals surface area contributed by atoms with Gasteiger partial charge in [-0.05, 0) is 26.3 Å². The smallest absolute Gasteiger partial charge is 0.344 e. The zero-order chi connectivity index (χ0) is 22.4. The summed E-state index contributed by atoms with van der Waals surface area (Å²) in [5.74, 6) is -1.38. The van der Waals surface area contributed by atoms with Gasteiger partial charge in [-0.25, -0.2) is 14.3 Å². The van der Waals surface area contributed by atoms with Gasteiger partial charge in [-0.1, -0.05) is 60.7 Å². The first-order chi connectivity index (χ1) is 15.0. The van der Waals surface area contributed by atoms with Crippen molar-refractivity contribution in [3.05, 3.63) is 76.6 Å². The van der Waals surface area contributed by atoms with E-state index in [-0.39, 0.29) is 18.8 Å². The van der Waals surface area contributed by atoms with Crippen molar-refractivity contribution in [3.63, 3.8) is 0 Å². The van der Waals surface area contributed by atoms with E-state index < -0.39 is 23.5 Å². The van der Waals surface area contributed by atoms with Gasteiger partial charge >= 0.3 is 11.9 Å². The first kappa shape index (κ1) is 22.0. The van der Waals surface area contributed by atoms with E-state index in [9.17, 15) is 14.4 Å². The number of carbonyl (C=O) groups excluding carboxylic acids is 2. The minimum absolute atomic E-state index is 0.100. The molecule has 0 aliphatic heterocycles. The van der Waals surface area contributed by atoms with Gasteiger partial charge in [0.05, 0.1) is 18.9 Å². The number of hydrogen-bond acceptors (Lipinski definition) is 6. The minimum Gasteiger partial charge on any atom is -0.464 e. The minimum atomic E-state index is -1.02. The lowest BCUT2D eigenvalue weighted by atomic mass is 9.95. The van der Waals surface area contributed by atoms with Gasteiger partial charge in [-0.15, -0.1) is 0 Å². The molecule has 1 heterocycles. The van der Waals surface area contributed by atoms with Crippen molar-refractivity contribution in [2.45, 2.75) is 26.8 Å². The number of hydrogen-bond donors (Lipinski definition) is 0. The molecule has 0 N–H and O–H groups in total. The Hall–Kier alpha value is -3.74. The molecule has 0 aliphatic carbocycles. The number of esters is 2. The van der Waals surface area contributed by atoms with Crippen LogP contribution in [0.4, 0.5) is 0 Å². The quantitative estimate of drug-likeness (QED) is 0.539. The molecule has 3 rings (SSSR count). The lowest BCUT2D eigenvalue weighted by Gasteiger charge is -2.19. The van der Waals surface area contributed by atoms with E-state index in [1.807, 2.05) is 48.5 Å². The van der Waals surface area contributed by atoms with E-state index in [1.165, 1.54) is 6.92 Å². The molecule has 3 aromatic rings. The summed E-state index contributed by atoms with van der Waals surface area (Å²) in [5.41, 5.74) is 1.21. The van der Waals surface area contributed by atoms with Crippen molar-refractivity contribution >= 4 is 11.9 Å². The van der Waals surface area contributed by atoms with Crippen LogP contribution in [0.3, 0.4) is 0 Å². The molecule has 0 spiro atoms. The molecule has 2 aromatic carbocycles. The average Bonchev–Trinajstić information content (AvgIpc) is 2.79. The van der Waals surface area contributed by atoms with Crippen molar-refractivity contribution in [3.8, 4) is 22.4 Å². The number of benzene rings is 2. The Bertz CT molecular complexity index is 1120. The third-order valence-electron chi connectivity index (χ3n) is 4.70. The standard InChI is InChI=1S/C24H24N2O5/c1-4-30-23(28)16(3)26-22(27)20(24(29)31-5-2)19(17-12-8-6-9-13-17)21(25-26)18-14-10-7-11-15-18/h6-16H,4-5H2,1-3H3/t16-/m0/s1. The van der Waals surface area contributed by atoms with Crippen LogP contribution in [0.5, 0.6) is 0 Å². The Morgan fingerprint density at radius 2 is 1.45 bits per heavy atom. The highest BCUT2D eigenvalue weighted by Crippen LogP contribution is 2.32. The molecular formula is C24H24N2O5. The number of ether oxygens (including phenoxy) is 2. The van der Waals surface area contributed by atoms with E-state index >= 15 is 0 Å². The Morgan fingerprint density at radius 3 is 2.00 bits per heavy atom. The second-order valence-electron chi connectivity index (χ2n) is 6.73. The first-order valence-electron chi connectivity index (χ1n) is 10.1. The van der Waals surface area contributed by atoms with Gasteiger partial charge in [0.25, 0.3) is 5.56 Å². The summed E-state index contributed by atoms with van der Waals surface area (Å²) in [6.07, 6.45) is 0. The van der Waals surface area contributed by atoms with Crippen molar-refractivity contribution < 1.29 is 19.1 Å². The molecule has 1 aromatic heterocycles. The maximum atomic E-state index is 13.4. The molecule has 31 heavy (non-hydrogen) atoms. The van der Waals surface area contributed by atoms with Crippen LogP contribution in [0.25, 0.3) is 22.4 Å². The SMILES string of the molecule is CCOC(=O)c1c(-c2ccccc2)c(-c2ccccc2)nn([C@@H](C)C(=O)OCC)c1=O. The summed E-state index contributed by atoms with van der Waals surface area (Å²) >= 11 is 0. The lowest BCUT2D eigenvalue weighted by molar-refractivity contribution is -0.147. The Balaban J connectivity index is 2.40. The third-order valence-corrected chi connectivity index (χ3v) is 4.70. The molecule has 0 bridgehead atoms. The van der Waals surface area contributed by atoms with Crippen LogP contribution >= 0.6 is 0 Å². The van der Waals surface area contributed by atoms with Gasteiger partial charge in [0.2, 0.25) is 0 Å².